The van der Waals surface area contributed by atoms with Crippen molar-refractivity contribution in [1.29, 1.82) is 0 Å². The fraction of sp³-hybridized carbons (Fsp3) is 0.600. The molecule has 0 aromatic carbocycles. The molecule has 0 spiro atoms. The second kappa shape index (κ2) is 6.84. The predicted octanol–water partition coefficient (Wildman–Crippen LogP) is -0.112. The van der Waals surface area contributed by atoms with Crippen LogP contribution in [0.5, 0.6) is 0 Å². The molecule has 90 valence electrons. The van der Waals surface area contributed by atoms with E-state index in [0.717, 1.165) is 18.5 Å². The lowest BCUT2D eigenvalue weighted by Crippen LogP contribution is -2.46. The van der Waals surface area contributed by atoms with Gasteiger partial charge in [0.1, 0.15) is 0 Å². The van der Waals surface area contributed by atoms with E-state index in [4.69, 9.17) is 5.73 Å². The van der Waals surface area contributed by atoms with Gasteiger partial charge in [-0.2, -0.15) is 0 Å². The Morgan fingerprint density at radius 1 is 1.62 bits per heavy atom. The molecule has 0 aliphatic carbocycles. The van der Waals surface area contributed by atoms with Crippen LogP contribution in [0.25, 0.3) is 0 Å². The molecule has 0 saturated carbocycles. The molecule has 1 rings (SSSR count). The number of hydrogen-bond acceptors (Lipinski definition) is 4. The normalized spacial score (nSPS) is 14.6. The molecular formula is C10H19N5O. The number of allylic oxidation sites excluding steroid dienone is 1. The quantitative estimate of drug-likeness (QED) is 0.503. The molecule has 1 heterocycles. The van der Waals surface area contributed by atoms with Gasteiger partial charge in [-0.05, 0) is 32.4 Å². The van der Waals surface area contributed by atoms with Crippen molar-refractivity contribution in [2.24, 2.45) is 10.7 Å². The molecule has 0 bridgehead atoms. The zero-order valence-corrected chi connectivity index (χ0v) is 9.55. The molecule has 5 N–H and O–H groups in total. The van der Waals surface area contributed by atoms with Gasteiger partial charge in [0.2, 0.25) is 5.96 Å². The predicted molar refractivity (Wildman–Crippen MR) is 64.0 cm³/mol. The molecule has 6 heteroatoms. The van der Waals surface area contributed by atoms with E-state index in [-0.39, 0.29) is 6.03 Å². The Labute approximate surface area is 95.4 Å². The van der Waals surface area contributed by atoms with E-state index in [1.807, 2.05) is 13.0 Å². The number of nitrogens with two attached hydrogens (primary N) is 1. The first kappa shape index (κ1) is 12.5. The molecule has 0 aromatic rings. The summed E-state index contributed by atoms with van der Waals surface area (Å²) in [7, 11) is 0. The number of amides is 2. The Hall–Kier alpha value is -1.56. The number of guanidine groups is 1. The molecule has 0 unspecified atom stereocenters. The zero-order chi connectivity index (χ0) is 11.8. The minimum atomic E-state index is -0.238. The smallest absolute Gasteiger partial charge is 0.321 e. The van der Waals surface area contributed by atoms with Crippen LogP contribution in [-0.2, 0) is 0 Å². The van der Waals surface area contributed by atoms with E-state index < -0.39 is 0 Å². The van der Waals surface area contributed by atoms with Crippen molar-refractivity contribution in [3.63, 3.8) is 0 Å². The first-order chi connectivity index (χ1) is 7.72. The van der Waals surface area contributed by atoms with Crippen LogP contribution in [0, 0.1) is 0 Å². The van der Waals surface area contributed by atoms with Crippen molar-refractivity contribution in [3.8, 4) is 0 Å². The molecule has 1 aliphatic heterocycles. The molecule has 0 saturated heterocycles. The van der Waals surface area contributed by atoms with E-state index in [9.17, 15) is 4.79 Å². The third-order valence-electron chi connectivity index (χ3n) is 2.11. The maximum atomic E-state index is 11.4. The van der Waals surface area contributed by atoms with Crippen LogP contribution >= 0.6 is 0 Å². The number of hydrogen-bond donors (Lipinski definition) is 4. The van der Waals surface area contributed by atoms with Crippen LogP contribution < -0.4 is 21.7 Å². The molecule has 1 aliphatic rings. The summed E-state index contributed by atoms with van der Waals surface area (Å²) in [6, 6.07) is -0.238. The average molecular weight is 225 g/mol. The molecular weight excluding hydrogens is 206 g/mol. The first-order valence-electron chi connectivity index (χ1n) is 5.45. The summed E-state index contributed by atoms with van der Waals surface area (Å²) in [6.45, 7) is 3.81. The second-order valence-corrected chi connectivity index (χ2v) is 3.58. The van der Waals surface area contributed by atoms with Crippen LogP contribution in [0.1, 0.15) is 19.8 Å². The average Bonchev–Trinajstić information content (AvgIpc) is 2.24. The van der Waals surface area contributed by atoms with Crippen LogP contribution in [0.4, 0.5) is 4.79 Å². The highest BCUT2D eigenvalue weighted by molar-refractivity contribution is 5.97. The van der Waals surface area contributed by atoms with Crippen molar-refractivity contribution in [1.82, 2.24) is 16.0 Å². The molecule has 0 atom stereocenters. The van der Waals surface area contributed by atoms with E-state index in [2.05, 4.69) is 20.9 Å². The molecule has 2 amide bonds. The monoisotopic (exact) mass is 225 g/mol. The maximum absolute atomic E-state index is 11.4. The highest BCUT2D eigenvalue weighted by atomic mass is 16.2. The van der Waals surface area contributed by atoms with Gasteiger partial charge in [-0.3, -0.25) is 5.32 Å². The summed E-state index contributed by atoms with van der Waals surface area (Å²) in [5.74, 6) is 0.497. The van der Waals surface area contributed by atoms with Gasteiger partial charge < -0.3 is 16.4 Å². The van der Waals surface area contributed by atoms with Gasteiger partial charge in [0, 0.05) is 12.2 Å². The number of nitrogens with zero attached hydrogens (tertiary/aromatic N) is 1. The van der Waals surface area contributed by atoms with E-state index in [0.29, 0.717) is 25.6 Å². The third kappa shape index (κ3) is 4.79. The Kier molecular flexibility index (Phi) is 5.35. The summed E-state index contributed by atoms with van der Waals surface area (Å²) in [5.41, 5.74) is 6.34. The number of carbonyl (C=O) groups excluding carboxylic acids is 1. The Balaban J connectivity index is 2.17. The molecule has 6 nitrogen and oxygen atoms in total. The number of unbranched alkanes of at least 4 members (excludes halogenated alkanes) is 1. The number of nitrogens with one attached hydrogen (secondary N) is 3. The van der Waals surface area contributed by atoms with E-state index >= 15 is 0 Å². The van der Waals surface area contributed by atoms with Crippen LogP contribution in [0.3, 0.4) is 0 Å². The lowest BCUT2D eigenvalue weighted by molar-refractivity contribution is 0.245. The van der Waals surface area contributed by atoms with Crippen LogP contribution in [0.15, 0.2) is 16.8 Å². The number of urea groups is 1. The van der Waals surface area contributed by atoms with E-state index in [1.54, 1.807) is 0 Å². The lowest BCUT2D eigenvalue weighted by atomic mass is 10.3. The van der Waals surface area contributed by atoms with Crippen LogP contribution in [-0.4, -0.2) is 31.6 Å². The number of aliphatic imine (C=N–C) groups is 1. The summed E-state index contributed by atoms with van der Waals surface area (Å²) in [5, 5.41) is 8.34. The molecule has 0 radical (unpaired) electrons. The second-order valence-electron chi connectivity index (χ2n) is 3.58. The van der Waals surface area contributed by atoms with Crippen molar-refractivity contribution in [2.45, 2.75) is 19.8 Å². The Morgan fingerprint density at radius 3 is 3.12 bits per heavy atom. The largest absolute Gasteiger partial charge is 0.338 e. The zero-order valence-electron chi connectivity index (χ0n) is 9.55. The van der Waals surface area contributed by atoms with E-state index in [1.165, 1.54) is 0 Å². The Bertz CT molecular complexity index is 298. The lowest BCUT2D eigenvalue weighted by Gasteiger charge is -2.15. The van der Waals surface area contributed by atoms with Gasteiger partial charge in [-0.25, -0.2) is 9.79 Å². The van der Waals surface area contributed by atoms with Gasteiger partial charge >= 0.3 is 6.03 Å². The summed E-state index contributed by atoms with van der Waals surface area (Å²) >= 11 is 0. The highest BCUT2D eigenvalue weighted by Gasteiger charge is 2.07. The van der Waals surface area contributed by atoms with Gasteiger partial charge in [0.15, 0.2) is 0 Å². The first-order valence-corrected chi connectivity index (χ1v) is 5.45. The highest BCUT2D eigenvalue weighted by Crippen LogP contribution is 1.93. The SMILES string of the molecule is CC1=CCN=C(NC(=O)NCCCCN)N1. The van der Waals surface area contributed by atoms with Crippen molar-refractivity contribution >= 4 is 12.0 Å². The fourth-order valence-corrected chi connectivity index (χ4v) is 1.24. The van der Waals surface area contributed by atoms with Crippen molar-refractivity contribution in [2.75, 3.05) is 19.6 Å². The third-order valence-corrected chi connectivity index (χ3v) is 2.11. The molecule has 0 fully saturated rings. The van der Waals surface area contributed by atoms with Gasteiger partial charge in [0.05, 0.1) is 6.54 Å². The maximum Gasteiger partial charge on any atom is 0.321 e. The van der Waals surface area contributed by atoms with Gasteiger partial charge in [-0.1, -0.05) is 0 Å². The van der Waals surface area contributed by atoms with Gasteiger partial charge in [-0.15, -0.1) is 0 Å². The molecule has 0 aromatic heterocycles. The van der Waals surface area contributed by atoms with Crippen molar-refractivity contribution in [3.05, 3.63) is 11.8 Å². The fourth-order valence-electron chi connectivity index (χ4n) is 1.24. The number of rotatable bonds is 4. The minimum absolute atomic E-state index is 0.238. The molecule has 16 heavy (non-hydrogen) atoms. The van der Waals surface area contributed by atoms with Gasteiger partial charge in [0.25, 0.3) is 0 Å². The van der Waals surface area contributed by atoms with Crippen LogP contribution in [0.2, 0.25) is 0 Å². The topological polar surface area (TPSA) is 91.5 Å². The summed E-state index contributed by atoms with van der Waals surface area (Å²) in [4.78, 5) is 15.5. The Morgan fingerprint density at radius 2 is 2.44 bits per heavy atom. The minimum Gasteiger partial charge on any atom is -0.338 e. The standard InChI is InChI=1S/C10H19N5O/c1-8-4-7-12-9(14-8)15-10(16)13-6-3-2-5-11/h4H,2-3,5-7,11H2,1H3,(H3,12,13,14,15,16). The summed E-state index contributed by atoms with van der Waals surface area (Å²) in [6.07, 6.45) is 3.76. The van der Waals surface area contributed by atoms with Crippen molar-refractivity contribution < 1.29 is 4.79 Å². The number of carbonyl (C=O) groups is 1. The summed E-state index contributed by atoms with van der Waals surface area (Å²) < 4.78 is 0.